The van der Waals surface area contributed by atoms with Gasteiger partial charge in [-0.15, -0.1) is 0 Å². The topological polar surface area (TPSA) is 451 Å². The van der Waals surface area contributed by atoms with Crippen molar-refractivity contribution in [1.29, 1.82) is 0 Å². The first kappa shape index (κ1) is 69.8. The van der Waals surface area contributed by atoms with E-state index in [1.807, 2.05) is 85.5 Å². The number of amides is 1. The average Bonchev–Trinajstić information content (AvgIpc) is 1.62. The SMILES string of the molecule is CC[N+](CC)=c1ccc2c(/C=C/C=C3\N(CCCS(=O)(=O)[O-])c4ccc(S(=O)(=O)O)cc4C3(C)CCCC(=O)NCCCCCCNc3nc4c(N)ncnc4n3[C@@H]3O[C@H](COP(=O)(O)OP(=O)(O)OP(=O)(O)O)[C@@H](O)[C@H]3O)c(C)c(-c3ccccc3)oc-2c1. The number of aliphatic hydroxyl groups is 2. The van der Waals surface area contributed by atoms with Gasteiger partial charge in [-0.05, 0) is 101 Å². The van der Waals surface area contributed by atoms with Crippen LogP contribution < -0.4 is 31.2 Å². The van der Waals surface area contributed by atoms with Crippen LogP contribution in [0.4, 0.5) is 17.5 Å². The van der Waals surface area contributed by atoms with Gasteiger partial charge in [0.15, 0.2) is 23.2 Å². The van der Waals surface area contributed by atoms with Gasteiger partial charge in [0, 0.05) is 71.4 Å². The van der Waals surface area contributed by atoms with Crippen molar-refractivity contribution in [2.24, 2.45) is 0 Å². The Hall–Kier alpha value is -6.12. The molecule has 11 N–H and O–H groups in total. The lowest BCUT2D eigenvalue weighted by Crippen LogP contribution is -2.33. The van der Waals surface area contributed by atoms with Gasteiger partial charge in [0.1, 0.15) is 49.2 Å². The number of rotatable bonds is 30. The zero-order valence-corrected chi connectivity index (χ0v) is 53.7. The summed E-state index contributed by atoms with van der Waals surface area (Å²) in [4.78, 5) is 64.6. The number of phosphoric acid groups is 3. The minimum absolute atomic E-state index is 0.0457. The largest absolute Gasteiger partial charge is 0.748 e. The lowest BCUT2D eigenvalue weighted by atomic mass is 9.77. The number of aromatic nitrogens is 4. The molecular weight excluding hydrogens is 1280 g/mol. The molecule has 1 aliphatic carbocycles. The van der Waals surface area contributed by atoms with E-state index in [-0.39, 0.29) is 59.7 Å². The maximum atomic E-state index is 13.5. The molecule has 1 amide bonds. The Balaban J connectivity index is 0.922. The normalized spacial score (nSPS) is 20.7. The molecule has 2 aromatic carbocycles. The van der Waals surface area contributed by atoms with Crippen molar-refractivity contribution in [1.82, 2.24) is 29.4 Å². The molecule has 0 bridgehead atoms. The molecule has 3 unspecified atom stereocenters. The minimum atomic E-state index is -5.85. The van der Waals surface area contributed by atoms with Crippen molar-refractivity contribution in [2.45, 2.75) is 114 Å². The van der Waals surface area contributed by atoms with Gasteiger partial charge >= 0.3 is 23.5 Å². The van der Waals surface area contributed by atoms with Crippen LogP contribution in [0.2, 0.25) is 0 Å². The van der Waals surface area contributed by atoms with Gasteiger partial charge in [-0.1, -0.05) is 55.3 Å². The van der Waals surface area contributed by atoms with Crippen molar-refractivity contribution >= 4 is 84.3 Å². The van der Waals surface area contributed by atoms with Crippen LogP contribution in [0.1, 0.15) is 95.1 Å². The van der Waals surface area contributed by atoms with E-state index < -0.39 is 86.0 Å². The zero-order chi connectivity index (χ0) is 65.6. The molecule has 2 aromatic heterocycles. The Morgan fingerprint density at radius 1 is 0.900 bits per heavy atom. The number of ether oxygens (including phenoxy) is 1. The highest BCUT2D eigenvalue weighted by atomic mass is 32.2. The molecule has 8 rings (SSSR count). The summed E-state index contributed by atoms with van der Waals surface area (Å²) >= 11 is 0. The number of unbranched alkanes of at least 4 members (excludes halogenated alkanes) is 3. The van der Waals surface area contributed by atoms with Crippen molar-refractivity contribution < 1.29 is 96.5 Å². The van der Waals surface area contributed by atoms with Crippen LogP contribution >= 0.6 is 23.5 Å². The Bertz CT molecular complexity index is 4090. The van der Waals surface area contributed by atoms with Gasteiger partial charge < -0.3 is 64.8 Å². The van der Waals surface area contributed by atoms with Crippen LogP contribution in [0.3, 0.4) is 0 Å². The van der Waals surface area contributed by atoms with Crippen LogP contribution in [0.5, 0.6) is 0 Å². The van der Waals surface area contributed by atoms with Gasteiger partial charge in [-0.2, -0.15) is 17.0 Å². The van der Waals surface area contributed by atoms with Crippen LogP contribution in [0.15, 0.2) is 100 Å². The first-order valence-corrected chi connectivity index (χ1v) is 36.1. The van der Waals surface area contributed by atoms with E-state index in [9.17, 15) is 64.4 Å². The molecule has 4 aromatic rings. The molecule has 3 aliphatic heterocycles. The fraction of sp³-hybridized carbons (Fsp3) is 0.436. The molecule has 0 saturated carbocycles. The number of imidazole rings is 1. The molecule has 5 heterocycles. The third kappa shape index (κ3) is 17.1. The summed E-state index contributed by atoms with van der Waals surface area (Å²) in [6, 6.07) is 20.0. The van der Waals surface area contributed by atoms with E-state index in [1.54, 1.807) is 0 Å². The third-order valence-electron chi connectivity index (χ3n) is 15.4. The smallest absolute Gasteiger partial charge is 0.490 e. The first-order valence-electron chi connectivity index (χ1n) is 28.6. The van der Waals surface area contributed by atoms with Crippen LogP contribution in [-0.2, 0) is 62.0 Å². The van der Waals surface area contributed by atoms with Gasteiger partial charge in [0.05, 0.1) is 27.7 Å². The zero-order valence-electron chi connectivity index (χ0n) is 49.3. The third-order valence-corrected chi connectivity index (χ3v) is 20.8. The lowest BCUT2D eigenvalue weighted by Gasteiger charge is -2.30. The summed E-state index contributed by atoms with van der Waals surface area (Å²) in [5.41, 5.74) is 10.3. The van der Waals surface area contributed by atoms with Gasteiger partial charge in [0.25, 0.3) is 10.1 Å². The highest BCUT2D eigenvalue weighted by Gasteiger charge is 2.48. The number of nitrogens with one attached hydrogen (secondary N) is 2. The van der Waals surface area contributed by atoms with Crippen molar-refractivity contribution in [3.05, 3.63) is 113 Å². The van der Waals surface area contributed by atoms with Crippen molar-refractivity contribution in [3.63, 3.8) is 0 Å². The number of nitrogen functional groups attached to an aromatic ring is 1. The Morgan fingerprint density at radius 3 is 2.29 bits per heavy atom. The van der Waals surface area contributed by atoms with Crippen LogP contribution in [0.25, 0.3) is 39.9 Å². The second-order valence-corrected chi connectivity index (χ2v) is 28.9. The highest BCUT2D eigenvalue weighted by Crippen LogP contribution is 2.66. The van der Waals surface area contributed by atoms with E-state index in [1.165, 1.54) is 22.8 Å². The standard InChI is InChI=1S/C55H72N9O21P3S2/c1-5-62(6-2)37-22-24-40-39(35(3)50(82-43(40)31-37)36-17-10-9-11-18-36)19-14-20-45-55(4,41-32-38(90(78,79)80)23-25-42(41)63(45)29-16-30-89(75,76)77)26-15-21-46(65)57-27-12-7-8-13-28-58-54-61-47-51(56)59-34-60-52(47)64(54)53-49(67)48(66)44(83-53)33-81-87(71,72)85-88(73,74)84-86(68,69)70/h9-11,14,17-20,22-25,31-32,34,44,48-49,53,66-67H,5-8,12-13,15-16,21,26-30,33H2,1-4H3,(H9-,56,57,58,59,60,61,65,68,69,70,71,72,73,74,75,76,77,78,79,80)/t44-,48-,49-,53-,55?/m1/s1. The number of nitrogens with two attached hydrogens (primary N) is 1. The fourth-order valence-corrected chi connectivity index (χ4v) is 15.1. The predicted octanol–water partition coefficient (Wildman–Crippen LogP) is 5.67. The molecule has 35 heteroatoms. The Morgan fingerprint density at radius 2 is 1.61 bits per heavy atom. The van der Waals surface area contributed by atoms with E-state index in [0.29, 0.717) is 73.5 Å². The number of nitrogens with zero attached hydrogens (tertiary/aromatic N) is 6. The fourth-order valence-electron chi connectivity index (χ4n) is 11.1. The number of hydrogen-bond donors (Lipinski definition) is 10. The van der Waals surface area contributed by atoms with E-state index in [0.717, 1.165) is 47.0 Å². The number of aliphatic hydroxyl groups excluding tert-OH is 2. The lowest BCUT2D eigenvalue weighted by molar-refractivity contribution is -0.121. The molecule has 0 spiro atoms. The maximum absolute atomic E-state index is 13.5. The molecule has 490 valence electrons. The van der Waals surface area contributed by atoms with Gasteiger partial charge in [0.2, 0.25) is 17.2 Å². The number of allylic oxidation sites excluding steroid dienone is 3. The number of carbonyl (C=O) groups excluding carboxylic acids is 1. The second kappa shape index (κ2) is 28.8. The highest BCUT2D eigenvalue weighted by molar-refractivity contribution is 7.86. The van der Waals surface area contributed by atoms with Crippen LogP contribution in [-0.4, -0.2) is 145 Å². The summed E-state index contributed by atoms with van der Waals surface area (Å²) < 4.78 is 134. The van der Waals surface area contributed by atoms with Gasteiger partial charge in [-0.25, -0.2) is 41.6 Å². The number of benzene rings is 3. The molecule has 30 nitrogen and oxygen atoms in total. The summed E-state index contributed by atoms with van der Waals surface area (Å²) in [6.45, 7) is 9.20. The van der Waals surface area contributed by atoms with E-state index >= 15 is 0 Å². The summed E-state index contributed by atoms with van der Waals surface area (Å²) in [6.07, 6.45) is 3.13. The Labute approximate surface area is 518 Å². The molecule has 0 radical (unpaired) electrons. The summed E-state index contributed by atoms with van der Waals surface area (Å²) in [7, 11) is -26.4. The van der Waals surface area contributed by atoms with Gasteiger partial charge in [-0.3, -0.25) is 18.4 Å². The average molecular weight is 1350 g/mol. The monoisotopic (exact) mass is 1350 g/mol. The quantitative estimate of drug-likeness (QED) is 0.0112. The number of hydrogen-bond acceptors (Lipinski definition) is 22. The van der Waals surface area contributed by atoms with E-state index in [4.69, 9.17) is 24.7 Å². The molecule has 7 atom stereocenters. The Kier molecular flexibility index (Phi) is 22.3. The maximum Gasteiger partial charge on any atom is 0.490 e. The second-order valence-electron chi connectivity index (χ2n) is 21.6. The molecule has 1 saturated heterocycles. The summed E-state index contributed by atoms with van der Waals surface area (Å²) in [5.74, 6) is 0.423. The summed E-state index contributed by atoms with van der Waals surface area (Å²) in [5, 5.41) is 29.0. The van der Waals surface area contributed by atoms with Crippen molar-refractivity contribution in [2.75, 3.05) is 61.0 Å². The number of phosphoric ester groups is 1. The number of anilines is 3. The predicted molar refractivity (Wildman–Crippen MR) is 328 cm³/mol. The molecular formula is C55H72N9O21P3S2. The van der Waals surface area contributed by atoms with Crippen molar-refractivity contribution in [3.8, 4) is 22.6 Å². The molecule has 1 fully saturated rings. The minimum Gasteiger partial charge on any atom is -0.748 e. The number of carbonyl (C=O) groups is 1. The molecule has 90 heavy (non-hydrogen) atoms. The van der Waals surface area contributed by atoms with Crippen LogP contribution in [0, 0.1) is 6.92 Å². The molecule has 4 aliphatic rings. The first-order chi connectivity index (χ1) is 42.3. The van der Waals surface area contributed by atoms with E-state index in [2.05, 4.69) is 57.2 Å². The number of fused-ring (bicyclic) bond motifs is 3.